The zero-order valence-corrected chi connectivity index (χ0v) is 20.7. The number of aryl methyl sites for hydroxylation is 1. The number of amides is 1. The molecule has 3 N–H and O–H groups in total. The van der Waals surface area contributed by atoms with E-state index in [2.05, 4.69) is 18.3 Å². The smallest absolute Gasteiger partial charge is 0.423 e. The molecule has 8 heteroatoms. The highest BCUT2D eigenvalue weighted by atomic mass is 19.1. The minimum Gasteiger partial charge on any atom is -0.423 e. The van der Waals surface area contributed by atoms with Crippen LogP contribution in [0.2, 0.25) is 0 Å². The fourth-order valence-corrected chi connectivity index (χ4v) is 7.13. The molecule has 0 spiro atoms. The van der Waals surface area contributed by atoms with E-state index >= 15 is 0 Å². The van der Waals surface area contributed by atoms with Crippen LogP contribution in [-0.4, -0.2) is 35.3 Å². The van der Waals surface area contributed by atoms with Gasteiger partial charge in [-0.3, -0.25) is 4.79 Å². The number of hydrogen-bond donors (Lipinski definition) is 3. The van der Waals surface area contributed by atoms with E-state index in [4.69, 9.17) is 4.74 Å². The second kappa shape index (κ2) is 10.2. The first-order chi connectivity index (χ1) is 17.2. The summed E-state index contributed by atoms with van der Waals surface area (Å²) in [4.78, 5) is 12.4. The number of carbonyl (C=O) groups is 1. The van der Waals surface area contributed by atoms with Gasteiger partial charge in [0.1, 0.15) is 11.6 Å². The van der Waals surface area contributed by atoms with Gasteiger partial charge >= 0.3 is 7.12 Å². The molecular weight excluding hydrogens is 463 g/mol. The number of carbonyl (C=O) groups excluding carboxylic acids is 1. The number of rotatable bonds is 7. The number of nitrogens with one attached hydrogen (secondary N) is 1. The van der Waals surface area contributed by atoms with Crippen LogP contribution in [0.15, 0.2) is 36.4 Å². The standard InChI is InChI=1S/C28H34BF2NO4/c1-28-12-11-23-22-10-7-20(29(34)35)13-17(22)6-9-24(23)27(28)19(16-36-28)3-2-4-26(33)32-15-18-5-8-21(30)14-25(18)31/h5,7-8,10,13-14,19,23-24,27,34-35H,2-4,6,9,11-12,15-16H2,1H3,(H,32,33)/t19-,23?,24?,27?,28-/m0/s1. The molecule has 2 aromatic carbocycles. The Balaban J connectivity index is 1.19. The zero-order valence-electron chi connectivity index (χ0n) is 20.7. The Bertz CT molecular complexity index is 1130. The Kier molecular flexibility index (Phi) is 7.21. The highest BCUT2D eigenvalue weighted by molar-refractivity contribution is 6.58. The molecule has 1 heterocycles. The zero-order chi connectivity index (χ0) is 25.4. The molecule has 1 saturated heterocycles. The van der Waals surface area contributed by atoms with Crippen LogP contribution >= 0.6 is 0 Å². The molecule has 0 radical (unpaired) electrons. The van der Waals surface area contributed by atoms with Crippen molar-refractivity contribution in [1.29, 1.82) is 0 Å². The summed E-state index contributed by atoms with van der Waals surface area (Å²) < 4.78 is 33.3. The van der Waals surface area contributed by atoms with Gasteiger partial charge in [-0.1, -0.05) is 24.3 Å². The molecule has 3 unspecified atom stereocenters. The molecule has 2 fully saturated rings. The monoisotopic (exact) mass is 497 g/mol. The first-order valence-corrected chi connectivity index (χ1v) is 13.1. The van der Waals surface area contributed by atoms with Gasteiger partial charge in [-0.05, 0) is 91.8 Å². The van der Waals surface area contributed by atoms with Crippen LogP contribution in [0, 0.1) is 29.4 Å². The van der Waals surface area contributed by atoms with Crippen LogP contribution in [0.1, 0.15) is 68.1 Å². The lowest BCUT2D eigenvalue weighted by atomic mass is 9.56. The van der Waals surface area contributed by atoms with Gasteiger partial charge in [0.25, 0.3) is 0 Å². The minimum absolute atomic E-state index is 0.0520. The van der Waals surface area contributed by atoms with Gasteiger partial charge < -0.3 is 20.1 Å². The average Bonchev–Trinajstić information content (AvgIpc) is 3.19. The fourth-order valence-electron chi connectivity index (χ4n) is 7.13. The number of fused-ring (bicyclic) bond motifs is 5. The molecule has 0 bridgehead atoms. The van der Waals surface area contributed by atoms with Crippen molar-refractivity contribution in [2.45, 2.75) is 69.9 Å². The van der Waals surface area contributed by atoms with Crippen LogP contribution in [0.5, 0.6) is 0 Å². The predicted octanol–water partition coefficient (Wildman–Crippen LogP) is 3.59. The van der Waals surface area contributed by atoms with E-state index in [0.717, 1.165) is 51.2 Å². The summed E-state index contributed by atoms with van der Waals surface area (Å²) in [6, 6.07) is 9.24. The topological polar surface area (TPSA) is 78.8 Å². The van der Waals surface area contributed by atoms with E-state index in [9.17, 15) is 23.6 Å². The molecule has 0 aromatic heterocycles. The molecule has 192 valence electrons. The lowest BCUT2D eigenvalue weighted by Crippen LogP contribution is -2.47. The second-order valence-electron chi connectivity index (χ2n) is 11.0. The van der Waals surface area contributed by atoms with E-state index < -0.39 is 18.8 Å². The summed E-state index contributed by atoms with van der Waals surface area (Å²) in [5.74, 6) is 0.388. The third-order valence-electron chi connectivity index (χ3n) is 8.85. The Hall–Kier alpha value is -2.29. The first kappa shape index (κ1) is 25.4. The van der Waals surface area contributed by atoms with Gasteiger partial charge in [0.15, 0.2) is 0 Å². The van der Waals surface area contributed by atoms with Crippen molar-refractivity contribution in [3.8, 4) is 0 Å². The summed E-state index contributed by atoms with van der Waals surface area (Å²) in [6.45, 7) is 3.02. The lowest BCUT2D eigenvalue weighted by molar-refractivity contribution is -0.121. The fraction of sp³-hybridized carbons (Fsp3) is 0.536. The molecule has 5 atom stereocenters. The predicted molar refractivity (Wildman–Crippen MR) is 133 cm³/mol. The quantitative estimate of drug-likeness (QED) is 0.511. The Morgan fingerprint density at radius 3 is 2.81 bits per heavy atom. The van der Waals surface area contributed by atoms with E-state index in [0.29, 0.717) is 35.6 Å². The largest absolute Gasteiger partial charge is 0.488 e. The third kappa shape index (κ3) is 4.95. The highest BCUT2D eigenvalue weighted by Crippen LogP contribution is 2.58. The van der Waals surface area contributed by atoms with Crippen molar-refractivity contribution in [2.75, 3.05) is 6.61 Å². The van der Waals surface area contributed by atoms with Gasteiger partial charge in [0, 0.05) is 24.6 Å². The van der Waals surface area contributed by atoms with Crippen LogP contribution in [0.25, 0.3) is 0 Å². The summed E-state index contributed by atoms with van der Waals surface area (Å²) in [5.41, 5.74) is 3.27. The molecule has 1 amide bonds. The van der Waals surface area contributed by atoms with Crippen molar-refractivity contribution in [2.24, 2.45) is 17.8 Å². The Morgan fingerprint density at radius 2 is 2.03 bits per heavy atom. The third-order valence-corrected chi connectivity index (χ3v) is 8.85. The van der Waals surface area contributed by atoms with Gasteiger partial charge in [0.2, 0.25) is 5.91 Å². The second-order valence-corrected chi connectivity index (χ2v) is 11.0. The Morgan fingerprint density at radius 1 is 1.19 bits per heavy atom. The maximum atomic E-state index is 13.8. The van der Waals surface area contributed by atoms with E-state index in [1.807, 2.05) is 12.1 Å². The van der Waals surface area contributed by atoms with E-state index in [1.54, 1.807) is 0 Å². The molecule has 1 saturated carbocycles. The maximum absolute atomic E-state index is 13.8. The molecule has 1 aliphatic heterocycles. The molecule has 5 rings (SSSR count). The summed E-state index contributed by atoms with van der Waals surface area (Å²) in [5, 5.41) is 21.9. The molecular formula is C28H34BF2NO4. The maximum Gasteiger partial charge on any atom is 0.488 e. The number of hydrogen-bond acceptors (Lipinski definition) is 4. The SMILES string of the molecule is C[C@]12CCC3c4ccc(B(O)O)cc4CCC3C1[C@@H](CCCC(=O)NCc1ccc(F)cc1F)CO2. The summed E-state index contributed by atoms with van der Waals surface area (Å²) in [6.07, 6.45) is 6.08. The van der Waals surface area contributed by atoms with Crippen molar-refractivity contribution in [1.82, 2.24) is 5.32 Å². The van der Waals surface area contributed by atoms with Crippen LogP contribution in [-0.2, 0) is 22.5 Å². The van der Waals surface area contributed by atoms with Crippen molar-refractivity contribution in [3.05, 3.63) is 64.7 Å². The highest BCUT2D eigenvalue weighted by Gasteiger charge is 2.55. The van der Waals surface area contributed by atoms with Crippen LogP contribution in [0.4, 0.5) is 8.78 Å². The number of ether oxygens (including phenoxy) is 1. The van der Waals surface area contributed by atoms with Gasteiger partial charge in [0.05, 0.1) is 12.2 Å². The number of benzene rings is 2. The summed E-state index contributed by atoms with van der Waals surface area (Å²) in [7, 11) is -1.44. The van der Waals surface area contributed by atoms with Gasteiger partial charge in [-0.15, -0.1) is 0 Å². The lowest BCUT2D eigenvalue weighted by Gasteiger charge is -2.49. The van der Waals surface area contributed by atoms with Crippen molar-refractivity contribution in [3.63, 3.8) is 0 Å². The first-order valence-electron chi connectivity index (χ1n) is 13.1. The van der Waals surface area contributed by atoms with E-state index in [-0.39, 0.29) is 23.6 Å². The van der Waals surface area contributed by atoms with Gasteiger partial charge in [-0.25, -0.2) is 8.78 Å². The van der Waals surface area contributed by atoms with Crippen LogP contribution in [0.3, 0.4) is 0 Å². The normalized spacial score (nSPS) is 28.7. The van der Waals surface area contributed by atoms with Gasteiger partial charge in [-0.2, -0.15) is 0 Å². The molecule has 2 aromatic rings. The minimum atomic E-state index is -1.44. The average molecular weight is 497 g/mol. The Labute approximate surface area is 211 Å². The van der Waals surface area contributed by atoms with E-state index in [1.165, 1.54) is 23.3 Å². The molecule has 3 aliphatic rings. The molecule has 36 heavy (non-hydrogen) atoms. The number of halogens is 2. The summed E-state index contributed by atoms with van der Waals surface area (Å²) >= 11 is 0. The molecule has 2 aliphatic carbocycles. The van der Waals surface area contributed by atoms with Crippen molar-refractivity contribution < 1.29 is 28.4 Å². The van der Waals surface area contributed by atoms with Crippen molar-refractivity contribution >= 4 is 18.5 Å². The molecule has 5 nitrogen and oxygen atoms in total. The van der Waals surface area contributed by atoms with Crippen LogP contribution < -0.4 is 10.8 Å².